The number of aryl methyl sites for hydroxylation is 1. The van der Waals surface area contributed by atoms with Crippen LogP contribution in [0.15, 0.2) is 36.5 Å². The molecule has 5 heteroatoms. The Morgan fingerprint density at radius 3 is 2.71 bits per heavy atom. The summed E-state index contributed by atoms with van der Waals surface area (Å²) >= 11 is 0. The van der Waals surface area contributed by atoms with E-state index in [9.17, 15) is 4.79 Å². The number of rotatable bonds is 3. The number of carbonyl (C=O) groups excluding carboxylic acids is 1. The van der Waals surface area contributed by atoms with E-state index >= 15 is 0 Å². The van der Waals surface area contributed by atoms with Gasteiger partial charge in [0.1, 0.15) is 5.82 Å². The van der Waals surface area contributed by atoms with Crippen molar-refractivity contribution in [2.24, 2.45) is 0 Å². The first kappa shape index (κ1) is 13.7. The van der Waals surface area contributed by atoms with Crippen molar-refractivity contribution in [3.05, 3.63) is 42.1 Å². The fourth-order valence-electron chi connectivity index (χ4n) is 2.84. The minimum absolute atomic E-state index is 0.232. The van der Waals surface area contributed by atoms with Crippen molar-refractivity contribution < 1.29 is 4.79 Å². The SMILES string of the molecule is Cc1ccccc1NC(=O)Nc1ccnn1C1CCCC1. The normalized spacial score (nSPS) is 15.1. The van der Waals surface area contributed by atoms with Crippen molar-refractivity contribution in [2.75, 3.05) is 10.6 Å². The van der Waals surface area contributed by atoms with Crippen LogP contribution in [-0.4, -0.2) is 15.8 Å². The molecule has 21 heavy (non-hydrogen) atoms. The molecule has 0 radical (unpaired) electrons. The van der Waals surface area contributed by atoms with Crippen LogP contribution in [0.5, 0.6) is 0 Å². The lowest BCUT2D eigenvalue weighted by molar-refractivity contribution is 0.262. The van der Waals surface area contributed by atoms with Gasteiger partial charge < -0.3 is 5.32 Å². The highest BCUT2D eigenvalue weighted by Gasteiger charge is 2.20. The number of urea groups is 1. The smallest absolute Gasteiger partial charge is 0.307 e. The molecule has 1 saturated carbocycles. The van der Waals surface area contributed by atoms with E-state index in [2.05, 4.69) is 15.7 Å². The summed E-state index contributed by atoms with van der Waals surface area (Å²) in [5.74, 6) is 0.757. The zero-order chi connectivity index (χ0) is 14.7. The zero-order valence-corrected chi connectivity index (χ0v) is 12.2. The highest BCUT2D eigenvalue weighted by Crippen LogP contribution is 2.31. The van der Waals surface area contributed by atoms with Gasteiger partial charge in [-0.15, -0.1) is 0 Å². The second-order valence-electron chi connectivity index (χ2n) is 5.49. The number of aromatic nitrogens is 2. The van der Waals surface area contributed by atoms with Crippen LogP contribution >= 0.6 is 0 Å². The fraction of sp³-hybridized carbons (Fsp3) is 0.375. The molecule has 5 nitrogen and oxygen atoms in total. The Balaban J connectivity index is 1.68. The number of nitrogens with zero attached hydrogens (tertiary/aromatic N) is 2. The largest absolute Gasteiger partial charge is 0.324 e. The summed E-state index contributed by atoms with van der Waals surface area (Å²) in [7, 11) is 0. The van der Waals surface area contributed by atoms with E-state index < -0.39 is 0 Å². The molecule has 1 heterocycles. The van der Waals surface area contributed by atoms with Gasteiger partial charge in [-0.1, -0.05) is 31.0 Å². The molecule has 0 unspecified atom stereocenters. The van der Waals surface area contributed by atoms with Crippen LogP contribution < -0.4 is 10.6 Å². The Hall–Kier alpha value is -2.30. The van der Waals surface area contributed by atoms with Crippen LogP contribution in [0.1, 0.15) is 37.3 Å². The highest BCUT2D eigenvalue weighted by molar-refractivity contribution is 5.99. The molecular formula is C16H20N4O. The molecular weight excluding hydrogens is 264 g/mol. The maximum Gasteiger partial charge on any atom is 0.324 e. The first-order chi connectivity index (χ1) is 10.2. The summed E-state index contributed by atoms with van der Waals surface area (Å²) < 4.78 is 1.93. The van der Waals surface area contributed by atoms with Crippen LogP contribution in [0.2, 0.25) is 0 Å². The Labute approximate surface area is 124 Å². The van der Waals surface area contributed by atoms with Crippen LogP contribution in [0.3, 0.4) is 0 Å². The summed E-state index contributed by atoms with van der Waals surface area (Å²) in [5.41, 5.74) is 1.86. The molecule has 2 N–H and O–H groups in total. The van der Waals surface area contributed by atoms with Gasteiger partial charge in [0, 0.05) is 11.8 Å². The second kappa shape index (κ2) is 5.99. The summed E-state index contributed by atoms with van der Waals surface area (Å²) in [6.07, 6.45) is 6.48. The van der Waals surface area contributed by atoms with Crippen molar-refractivity contribution in [1.82, 2.24) is 9.78 Å². The summed E-state index contributed by atoms with van der Waals surface area (Å²) in [6, 6.07) is 9.74. The minimum atomic E-state index is -0.232. The van der Waals surface area contributed by atoms with Gasteiger partial charge in [-0.2, -0.15) is 5.10 Å². The van der Waals surface area contributed by atoms with Crippen LogP contribution in [0, 0.1) is 6.92 Å². The number of hydrogen-bond donors (Lipinski definition) is 2. The molecule has 1 aliphatic carbocycles. The predicted molar refractivity (Wildman–Crippen MR) is 83.6 cm³/mol. The molecule has 0 atom stereocenters. The Morgan fingerprint density at radius 2 is 1.95 bits per heavy atom. The average Bonchev–Trinajstić information content (AvgIpc) is 3.11. The lowest BCUT2D eigenvalue weighted by Crippen LogP contribution is -2.23. The third-order valence-electron chi connectivity index (χ3n) is 3.98. The number of hydrogen-bond acceptors (Lipinski definition) is 2. The molecule has 2 amide bonds. The quantitative estimate of drug-likeness (QED) is 0.896. The first-order valence-electron chi connectivity index (χ1n) is 7.41. The van der Waals surface area contributed by atoms with Crippen LogP contribution in [0.4, 0.5) is 16.3 Å². The van der Waals surface area contributed by atoms with E-state index in [-0.39, 0.29) is 6.03 Å². The van der Waals surface area contributed by atoms with E-state index in [4.69, 9.17) is 0 Å². The van der Waals surface area contributed by atoms with E-state index in [1.807, 2.05) is 41.9 Å². The molecule has 0 saturated heterocycles. The number of amides is 2. The third kappa shape index (κ3) is 3.07. The number of anilines is 2. The molecule has 110 valence electrons. The van der Waals surface area contributed by atoms with Gasteiger partial charge in [0.2, 0.25) is 0 Å². The van der Waals surface area contributed by atoms with Crippen molar-refractivity contribution in [1.29, 1.82) is 0 Å². The van der Waals surface area contributed by atoms with Crippen molar-refractivity contribution in [2.45, 2.75) is 38.6 Å². The topological polar surface area (TPSA) is 59.0 Å². The molecule has 0 bridgehead atoms. The number of para-hydroxylation sites is 1. The molecule has 2 aromatic rings. The van der Waals surface area contributed by atoms with Gasteiger partial charge in [0.15, 0.2) is 0 Å². The van der Waals surface area contributed by atoms with E-state index in [0.29, 0.717) is 6.04 Å². The lowest BCUT2D eigenvalue weighted by Gasteiger charge is -2.15. The highest BCUT2D eigenvalue weighted by atomic mass is 16.2. The number of nitrogens with one attached hydrogen (secondary N) is 2. The Bertz CT molecular complexity index is 629. The van der Waals surface area contributed by atoms with Crippen LogP contribution in [0.25, 0.3) is 0 Å². The standard InChI is InChI=1S/C16H20N4O/c1-12-6-2-5-9-14(12)18-16(21)19-15-10-11-17-20(15)13-7-3-4-8-13/h2,5-6,9-11,13H,3-4,7-8H2,1H3,(H2,18,19,21). The lowest BCUT2D eigenvalue weighted by atomic mass is 10.2. The molecule has 1 aromatic heterocycles. The van der Waals surface area contributed by atoms with E-state index in [1.54, 1.807) is 6.20 Å². The zero-order valence-electron chi connectivity index (χ0n) is 12.2. The summed E-state index contributed by atoms with van der Waals surface area (Å²) in [6.45, 7) is 1.97. The van der Waals surface area contributed by atoms with E-state index in [1.165, 1.54) is 12.8 Å². The van der Waals surface area contributed by atoms with Crippen molar-refractivity contribution in [3.8, 4) is 0 Å². The number of benzene rings is 1. The molecule has 0 aliphatic heterocycles. The summed E-state index contributed by atoms with van der Waals surface area (Å²) in [4.78, 5) is 12.1. The second-order valence-corrected chi connectivity index (χ2v) is 5.49. The Kier molecular flexibility index (Phi) is 3.90. The predicted octanol–water partition coefficient (Wildman–Crippen LogP) is 3.95. The molecule has 3 rings (SSSR count). The molecule has 1 aromatic carbocycles. The van der Waals surface area contributed by atoms with Gasteiger partial charge in [-0.3, -0.25) is 5.32 Å². The van der Waals surface area contributed by atoms with Gasteiger partial charge in [0.25, 0.3) is 0 Å². The number of carbonyl (C=O) groups is 1. The monoisotopic (exact) mass is 284 g/mol. The molecule has 1 fully saturated rings. The summed E-state index contributed by atoms with van der Waals surface area (Å²) in [5, 5.41) is 10.1. The molecule has 0 spiro atoms. The van der Waals surface area contributed by atoms with Gasteiger partial charge in [0.05, 0.1) is 12.2 Å². The van der Waals surface area contributed by atoms with E-state index in [0.717, 1.165) is 29.9 Å². The first-order valence-corrected chi connectivity index (χ1v) is 7.41. The van der Waals surface area contributed by atoms with Crippen molar-refractivity contribution in [3.63, 3.8) is 0 Å². The van der Waals surface area contributed by atoms with Gasteiger partial charge in [-0.25, -0.2) is 9.48 Å². The maximum atomic E-state index is 12.1. The fourth-order valence-corrected chi connectivity index (χ4v) is 2.84. The van der Waals surface area contributed by atoms with Crippen LogP contribution in [-0.2, 0) is 0 Å². The Morgan fingerprint density at radius 1 is 1.19 bits per heavy atom. The third-order valence-corrected chi connectivity index (χ3v) is 3.98. The average molecular weight is 284 g/mol. The van der Waals surface area contributed by atoms with Crippen molar-refractivity contribution >= 4 is 17.5 Å². The maximum absolute atomic E-state index is 12.1. The van der Waals surface area contributed by atoms with Gasteiger partial charge in [-0.05, 0) is 31.4 Å². The molecule has 1 aliphatic rings. The van der Waals surface area contributed by atoms with Gasteiger partial charge >= 0.3 is 6.03 Å². The minimum Gasteiger partial charge on any atom is -0.307 e.